The Morgan fingerprint density at radius 1 is 1.17 bits per heavy atom. The summed E-state index contributed by atoms with van der Waals surface area (Å²) in [5.41, 5.74) is 1.11. The van der Waals surface area contributed by atoms with E-state index in [1.165, 1.54) is 6.92 Å². The Bertz CT molecular complexity index is 444. The zero-order valence-corrected chi connectivity index (χ0v) is 10.3. The van der Waals surface area contributed by atoms with Gasteiger partial charge in [0.15, 0.2) is 0 Å². The van der Waals surface area contributed by atoms with Crippen molar-refractivity contribution in [2.45, 2.75) is 13.3 Å². The number of allylic oxidation sites excluding steroid dienone is 2. The summed E-state index contributed by atoms with van der Waals surface area (Å²) in [4.78, 5) is 21.6. The average molecular weight is 244 g/mol. The van der Waals surface area contributed by atoms with Crippen LogP contribution in [-0.4, -0.2) is 18.4 Å². The quantitative estimate of drug-likeness (QED) is 0.439. The fourth-order valence-corrected chi connectivity index (χ4v) is 1.26. The number of esters is 1. The highest BCUT2D eigenvalue weighted by atomic mass is 16.5. The Hall–Kier alpha value is -2.16. The van der Waals surface area contributed by atoms with Crippen LogP contribution in [0, 0.1) is 0 Å². The monoisotopic (exact) mass is 244 g/mol. The van der Waals surface area contributed by atoms with Gasteiger partial charge in [-0.25, -0.2) is 0 Å². The molecule has 0 aliphatic rings. The molecule has 0 aliphatic carbocycles. The van der Waals surface area contributed by atoms with E-state index < -0.39 is 5.97 Å². The molecule has 0 heterocycles. The molecule has 0 amide bonds. The third-order valence-electron chi connectivity index (χ3n) is 2.07. The Kier molecular flexibility index (Phi) is 6.19. The molecule has 3 heteroatoms. The topological polar surface area (TPSA) is 43.4 Å². The number of hydrogen-bond acceptors (Lipinski definition) is 3. The van der Waals surface area contributed by atoms with Crippen LogP contribution in [0.2, 0.25) is 0 Å². The minimum Gasteiger partial charge on any atom is -0.461 e. The van der Waals surface area contributed by atoms with Crippen molar-refractivity contribution in [2.24, 2.45) is 0 Å². The molecule has 0 spiro atoms. The molecule has 1 aromatic rings. The Labute approximate surface area is 107 Å². The van der Waals surface area contributed by atoms with Crippen LogP contribution in [0.15, 0.2) is 48.6 Å². The number of carbonyl (C=O) groups excluding carboxylic acids is 2. The molecule has 0 saturated heterocycles. The maximum absolute atomic E-state index is 11.0. The van der Waals surface area contributed by atoms with Gasteiger partial charge in [0.25, 0.3) is 0 Å². The van der Waals surface area contributed by atoms with E-state index in [0.717, 1.165) is 5.56 Å². The van der Waals surface area contributed by atoms with E-state index >= 15 is 0 Å². The molecule has 0 aromatic heterocycles. The molecule has 0 atom stereocenters. The lowest BCUT2D eigenvalue weighted by Gasteiger charge is -1.97. The van der Waals surface area contributed by atoms with Crippen LogP contribution in [0.25, 0.3) is 6.08 Å². The smallest absolute Gasteiger partial charge is 0.313 e. The van der Waals surface area contributed by atoms with Gasteiger partial charge in [-0.15, -0.1) is 0 Å². The Balaban J connectivity index is 2.24. The summed E-state index contributed by atoms with van der Waals surface area (Å²) in [7, 11) is 0. The van der Waals surface area contributed by atoms with E-state index in [2.05, 4.69) is 0 Å². The second kappa shape index (κ2) is 8.01. The van der Waals surface area contributed by atoms with Crippen molar-refractivity contribution in [1.82, 2.24) is 0 Å². The second-order valence-corrected chi connectivity index (χ2v) is 3.76. The third kappa shape index (κ3) is 6.43. The number of benzene rings is 1. The lowest BCUT2D eigenvalue weighted by molar-refractivity contribution is -0.144. The number of ether oxygens (including phenoxy) is 1. The first kappa shape index (κ1) is 13.9. The van der Waals surface area contributed by atoms with Gasteiger partial charge in [0.1, 0.15) is 18.8 Å². The summed E-state index contributed by atoms with van der Waals surface area (Å²) in [6.45, 7) is 1.55. The van der Waals surface area contributed by atoms with Crippen LogP contribution >= 0.6 is 0 Å². The van der Waals surface area contributed by atoms with Crippen molar-refractivity contribution in [3.05, 3.63) is 54.1 Å². The van der Waals surface area contributed by atoms with Gasteiger partial charge in [0.2, 0.25) is 0 Å². The average Bonchev–Trinajstić information content (AvgIpc) is 2.34. The minimum absolute atomic E-state index is 0.159. The van der Waals surface area contributed by atoms with Crippen LogP contribution in [0.3, 0.4) is 0 Å². The highest BCUT2D eigenvalue weighted by Crippen LogP contribution is 2.00. The van der Waals surface area contributed by atoms with Crippen LogP contribution in [-0.2, 0) is 14.3 Å². The molecule has 0 unspecified atom stereocenters. The van der Waals surface area contributed by atoms with E-state index in [0.29, 0.717) is 0 Å². The van der Waals surface area contributed by atoms with E-state index in [1.807, 2.05) is 42.5 Å². The summed E-state index contributed by atoms with van der Waals surface area (Å²) in [5.74, 6) is -0.674. The van der Waals surface area contributed by atoms with Crippen molar-refractivity contribution in [3.63, 3.8) is 0 Å². The molecule has 0 radical (unpaired) electrons. The molecular weight excluding hydrogens is 228 g/mol. The lowest BCUT2D eigenvalue weighted by atomic mass is 10.2. The van der Waals surface area contributed by atoms with Crippen LogP contribution < -0.4 is 0 Å². The molecule has 18 heavy (non-hydrogen) atoms. The van der Waals surface area contributed by atoms with Gasteiger partial charge in [-0.2, -0.15) is 0 Å². The maximum Gasteiger partial charge on any atom is 0.313 e. The van der Waals surface area contributed by atoms with Crippen molar-refractivity contribution >= 4 is 17.8 Å². The molecule has 1 aromatic carbocycles. The summed E-state index contributed by atoms with van der Waals surface area (Å²) in [5, 5.41) is 0. The number of ketones is 1. The minimum atomic E-state index is -0.487. The van der Waals surface area contributed by atoms with Gasteiger partial charge in [-0.1, -0.05) is 48.6 Å². The number of carbonyl (C=O) groups is 2. The highest BCUT2D eigenvalue weighted by Gasteiger charge is 2.03. The highest BCUT2D eigenvalue weighted by molar-refractivity contribution is 5.94. The predicted octanol–water partition coefficient (Wildman–Crippen LogP) is 2.78. The van der Waals surface area contributed by atoms with Crippen molar-refractivity contribution < 1.29 is 14.3 Å². The number of Topliss-reactive ketones (excluding diaryl/α,β-unsaturated/α-hetero) is 1. The molecule has 0 bridgehead atoms. The molecule has 94 valence electrons. The summed E-state index contributed by atoms with van der Waals surface area (Å²) in [6.07, 6.45) is 7.18. The standard InChI is InChI=1S/C15H16O3/c1-13(16)12-15(17)18-11-7-3-6-10-14-8-4-2-5-9-14/h2-10H,11-12H2,1H3/b7-3+,10-6+. The molecule has 3 nitrogen and oxygen atoms in total. The Morgan fingerprint density at radius 2 is 1.89 bits per heavy atom. The fraction of sp³-hybridized carbons (Fsp3) is 0.200. The van der Waals surface area contributed by atoms with E-state index in [9.17, 15) is 9.59 Å². The van der Waals surface area contributed by atoms with Crippen molar-refractivity contribution in [1.29, 1.82) is 0 Å². The SMILES string of the molecule is CC(=O)CC(=O)OC/C=C/C=C/c1ccccc1. The molecule has 1 rings (SSSR count). The summed E-state index contributed by atoms with van der Waals surface area (Å²) < 4.78 is 4.82. The number of hydrogen-bond donors (Lipinski definition) is 0. The van der Waals surface area contributed by atoms with Gasteiger partial charge in [0, 0.05) is 0 Å². The second-order valence-electron chi connectivity index (χ2n) is 3.76. The first-order valence-electron chi connectivity index (χ1n) is 5.72. The van der Waals surface area contributed by atoms with Gasteiger partial charge < -0.3 is 4.74 Å². The van der Waals surface area contributed by atoms with Crippen LogP contribution in [0.5, 0.6) is 0 Å². The van der Waals surface area contributed by atoms with Crippen molar-refractivity contribution in [2.75, 3.05) is 6.61 Å². The molecule has 0 aliphatic heterocycles. The van der Waals surface area contributed by atoms with Gasteiger partial charge >= 0.3 is 5.97 Å². The summed E-state index contributed by atoms with van der Waals surface area (Å²) >= 11 is 0. The largest absolute Gasteiger partial charge is 0.461 e. The van der Waals surface area contributed by atoms with Gasteiger partial charge in [-0.05, 0) is 18.6 Å². The Morgan fingerprint density at radius 3 is 2.56 bits per heavy atom. The molecule has 0 saturated carbocycles. The molecule has 0 N–H and O–H groups in total. The van der Waals surface area contributed by atoms with Crippen molar-refractivity contribution in [3.8, 4) is 0 Å². The van der Waals surface area contributed by atoms with Crippen LogP contribution in [0.1, 0.15) is 18.9 Å². The fourth-order valence-electron chi connectivity index (χ4n) is 1.26. The first-order valence-corrected chi connectivity index (χ1v) is 5.72. The molecule has 0 fully saturated rings. The van der Waals surface area contributed by atoms with E-state index in [4.69, 9.17) is 4.74 Å². The third-order valence-corrected chi connectivity index (χ3v) is 2.07. The van der Waals surface area contributed by atoms with Crippen LogP contribution in [0.4, 0.5) is 0 Å². The molecular formula is C15H16O3. The zero-order valence-electron chi connectivity index (χ0n) is 10.3. The first-order chi connectivity index (χ1) is 8.68. The van der Waals surface area contributed by atoms with E-state index in [1.54, 1.807) is 12.2 Å². The zero-order chi connectivity index (χ0) is 13.2. The van der Waals surface area contributed by atoms with E-state index in [-0.39, 0.29) is 18.8 Å². The van der Waals surface area contributed by atoms with Gasteiger partial charge in [-0.3, -0.25) is 9.59 Å². The lowest BCUT2D eigenvalue weighted by Crippen LogP contribution is -2.08. The maximum atomic E-state index is 11.0. The van der Waals surface area contributed by atoms with Gasteiger partial charge in [0.05, 0.1) is 0 Å². The predicted molar refractivity (Wildman–Crippen MR) is 70.9 cm³/mol. The normalized spacial score (nSPS) is 10.9. The summed E-state index contributed by atoms with van der Waals surface area (Å²) in [6, 6.07) is 9.88. The number of rotatable bonds is 6.